The lowest BCUT2D eigenvalue weighted by Gasteiger charge is -2.01. The fourth-order valence-electron chi connectivity index (χ4n) is 1.69. The number of aryl methyl sites for hydroxylation is 1. The molecule has 1 amide bonds. The van der Waals surface area contributed by atoms with Crippen molar-refractivity contribution in [3.8, 4) is 5.75 Å². The molecule has 0 aliphatic carbocycles. The number of aromatic hydroxyl groups is 1. The van der Waals surface area contributed by atoms with Crippen LogP contribution in [0.2, 0.25) is 0 Å². The van der Waals surface area contributed by atoms with Crippen LogP contribution in [0.5, 0.6) is 5.75 Å². The SMILES string of the molecule is Cc1ccc(C(=O)N/N=C/c2cc([N+](=O)[O-])ccc2O)cc1. The maximum atomic E-state index is 11.8. The summed E-state index contributed by atoms with van der Waals surface area (Å²) in [6.07, 6.45) is 1.15. The highest BCUT2D eigenvalue weighted by Crippen LogP contribution is 2.21. The molecule has 2 aromatic rings. The van der Waals surface area contributed by atoms with Crippen molar-refractivity contribution in [2.45, 2.75) is 6.92 Å². The van der Waals surface area contributed by atoms with Gasteiger partial charge in [0.15, 0.2) is 0 Å². The molecular formula is C15H13N3O4. The summed E-state index contributed by atoms with van der Waals surface area (Å²) in [5.74, 6) is -0.583. The minimum absolute atomic E-state index is 0.137. The molecule has 0 saturated heterocycles. The standard InChI is InChI=1S/C15H13N3O4/c1-10-2-4-11(5-3-10)15(20)17-16-9-12-8-13(18(21)22)6-7-14(12)19/h2-9,19H,1H3,(H,17,20)/b16-9+. The Balaban J connectivity index is 2.09. The Morgan fingerprint density at radius 1 is 1.27 bits per heavy atom. The molecule has 22 heavy (non-hydrogen) atoms. The lowest BCUT2D eigenvalue weighted by molar-refractivity contribution is -0.384. The molecule has 7 heteroatoms. The van der Waals surface area contributed by atoms with Crippen molar-refractivity contribution >= 4 is 17.8 Å². The van der Waals surface area contributed by atoms with E-state index in [9.17, 15) is 20.0 Å². The number of carbonyl (C=O) groups excluding carboxylic acids is 1. The van der Waals surface area contributed by atoms with E-state index in [1.54, 1.807) is 24.3 Å². The van der Waals surface area contributed by atoms with Crippen molar-refractivity contribution < 1.29 is 14.8 Å². The number of nitro groups is 1. The highest BCUT2D eigenvalue weighted by Gasteiger charge is 2.09. The van der Waals surface area contributed by atoms with Crippen LogP contribution in [0.25, 0.3) is 0 Å². The van der Waals surface area contributed by atoms with Gasteiger partial charge in [0, 0.05) is 23.3 Å². The molecule has 0 aromatic heterocycles. The number of hydrazone groups is 1. The second-order valence-corrected chi connectivity index (χ2v) is 4.57. The number of hydrogen-bond donors (Lipinski definition) is 2. The van der Waals surface area contributed by atoms with Gasteiger partial charge in [-0.1, -0.05) is 17.7 Å². The van der Waals surface area contributed by atoms with Crippen molar-refractivity contribution in [3.63, 3.8) is 0 Å². The van der Waals surface area contributed by atoms with E-state index in [0.717, 1.165) is 17.8 Å². The first-order valence-corrected chi connectivity index (χ1v) is 6.35. The summed E-state index contributed by atoms with van der Waals surface area (Å²) >= 11 is 0. The molecule has 0 bridgehead atoms. The van der Waals surface area contributed by atoms with E-state index in [1.165, 1.54) is 12.1 Å². The number of nitro benzene ring substituents is 1. The number of amides is 1. The van der Waals surface area contributed by atoms with Gasteiger partial charge in [-0.25, -0.2) is 5.43 Å². The molecule has 0 radical (unpaired) electrons. The van der Waals surface area contributed by atoms with Crippen LogP contribution >= 0.6 is 0 Å². The van der Waals surface area contributed by atoms with Crippen LogP contribution < -0.4 is 5.43 Å². The fourth-order valence-corrected chi connectivity index (χ4v) is 1.69. The Morgan fingerprint density at radius 2 is 1.95 bits per heavy atom. The van der Waals surface area contributed by atoms with E-state index in [4.69, 9.17) is 0 Å². The highest BCUT2D eigenvalue weighted by atomic mass is 16.6. The topological polar surface area (TPSA) is 105 Å². The first-order chi connectivity index (χ1) is 10.5. The molecule has 2 N–H and O–H groups in total. The van der Waals surface area contributed by atoms with Crippen LogP contribution in [-0.2, 0) is 0 Å². The first-order valence-electron chi connectivity index (χ1n) is 6.35. The monoisotopic (exact) mass is 299 g/mol. The lowest BCUT2D eigenvalue weighted by atomic mass is 10.1. The smallest absolute Gasteiger partial charge is 0.271 e. The van der Waals surface area contributed by atoms with E-state index >= 15 is 0 Å². The van der Waals surface area contributed by atoms with Crippen LogP contribution in [0.15, 0.2) is 47.6 Å². The van der Waals surface area contributed by atoms with Gasteiger partial charge in [-0.05, 0) is 25.1 Å². The number of nitrogens with zero attached hydrogens (tertiary/aromatic N) is 2. The van der Waals surface area contributed by atoms with E-state index in [0.29, 0.717) is 5.56 Å². The second-order valence-electron chi connectivity index (χ2n) is 4.57. The second kappa shape index (κ2) is 6.49. The number of hydrogen-bond acceptors (Lipinski definition) is 5. The van der Waals surface area contributed by atoms with Crippen LogP contribution in [0.3, 0.4) is 0 Å². The number of rotatable bonds is 4. The number of nitrogens with one attached hydrogen (secondary N) is 1. The van der Waals surface area contributed by atoms with Crippen LogP contribution in [0.1, 0.15) is 21.5 Å². The Kier molecular flexibility index (Phi) is 4.47. The molecule has 2 rings (SSSR count). The van der Waals surface area contributed by atoms with Gasteiger partial charge in [0.2, 0.25) is 0 Å². The molecule has 0 aliphatic rings. The average Bonchev–Trinajstić information content (AvgIpc) is 2.49. The lowest BCUT2D eigenvalue weighted by Crippen LogP contribution is -2.17. The van der Waals surface area contributed by atoms with E-state index < -0.39 is 10.8 Å². The van der Waals surface area contributed by atoms with Crippen molar-refractivity contribution in [1.82, 2.24) is 5.43 Å². The predicted molar refractivity (Wildman–Crippen MR) is 81.0 cm³/mol. The number of phenolic OH excluding ortho intramolecular Hbond substituents is 1. The van der Waals surface area contributed by atoms with Gasteiger partial charge in [-0.2, -0.15) is 5.10 Å². The summed E-state index contributed by atoms with van der Waals surface area (Å²) in [5, 5.41) is 24.0. The maximum absolute atomic E-state index is 11.8. The van der Waals surface area contributed by atoms with Gasteiger partial charge in [-0.15, -0.1) is 0 Å². The Morgan fingerprint density at radius 3 is 2.59 bits per heavy atom. The van der Waals surface area contributed by atoms with Crippen molar-refractivity contribution in [2.24, 2.45) is 5.10 Å². The summed E-state index contributed by atoms with van der Waals surface area (Å²) in [4.78, 5) is 21.9. The summed E-state index contributed by atoms with van der Waals surface area (Å²) in [6.45, 7) is 1.91. The number of carbonyl (C=O) groups is 1. The molecule has 0 spiro atoms. The minimum atomic E-state index is -0.582. The first kappa shape index (κ1) is 15.2. The summed E-state index contributed by atoms with van der Waals surface area (Å²) in [5.41, 5.74) is 3.72. The third-order valence-corrected chi connectivity index (χ3v) is 2.91. The quantitative estimate of drug-likeness (QED) is 0.513. The van der Waals surface area contributed by atoms with Gasteiger partial charge in [-0.3, -0.25) is 14.9 Å². The van der Waals surface area contributed by atoms with Crippen LogP contribution in [0.4, 0.5) is 5.69 Å². The van der Waals surface area contributed by atoms with Crippen molar-refractivity contribution in [2.75, 3.05) is 0 Å². The molecule has 2 aromatic carbocycles. The molecular weight excluding hydrogens is 286 g/mol. The Labute approximate surface area is 126 Å². The van der Waals surface area contributed by atoms with E-state index in [-0.39, 0.29) is 17.0 Å². The Hall–Kier alpha value is -3.22. The summed E-state index contributed by atoms with van der Waals surface area (Å²) in [7, 11) is 0. The normalized spacial score (nSPS) is 10.6. The number of non-ortho nitro benzene ring substituents is 1. The molecule has 0 aliphatic heterocycles. The fraction of sp³-hybridized carbons (Fsp3) is 0.0667. The predicted octanol–water partition coefficient (Wildman–Crippen LogP) is 2.37. The van der Waals surface area contributed by atoms with Gasteiger partial charge < -0.3 is 5.11 Å². The molecule has 112 valence electrons. The van der Waals surface area contributed by atoms with Gasteiger partial charge in [0.25, 0.3) is 11.6 Å². The van der Waals surface area contributed by atoms with E-state index in [1.807, 2.05) is 6.92 Å². The third-order valence-electron chi connectivity index (χ3n) is 2.91. The van der Waals surface area contributed by atoms with Crippen LogP contribution in [0, 0.1) is 17.0 Å². The van der Waals surface area contributed by atoms with Gasteiger partial charge in [0.1, 0.15) is 5.75 Å². The highest BCUT2D eigenvalue weighted by molar-refractivity contribution is 5.95. The molecule has 0 unspecified atom stereocenters. The largest absolute Gasteiger partial charge is 0.507 e. The number of benzene rings is 2. The zero-order valence-electron chi connectivity index (χ0n) is 11.7. The molecule has 0 atom stereocenters. The number of phenols is 1. The molecule has 0 heterocycles. The van der Waals surface area contributed by atoms with E-state index in [2.05, 4.69) is 10.5 Å². The van der Waals surface area contributed by atoms with Gasteiger partial charge >= 0.3 is 0 Å². The van der Waals surface area contributed by atoms with Crippen LogP contribution in [-0.4, -0.2) is 22.2 Å². The summed E-state index contributed by atoms with van der Waals surface area (Å²) < 4.78 is 0. The molecule has 7 nitrogen and oxygen atoms in total. The zero-order valence-corrected chi connectivity index (χ0v) is 11.7. The minimum Gasteiger partial charge on any atom is -0.507 e. The van der Waals surface area contributed by atoms with Gasteiger partial charge in [0.05, 0.1) is 11.1 Å². The third kappa shape index (κ3) is 3.66. The Bertz CT molecular complexity index is 739. The van der Waals surface area contributed by atoms with Crippen molar-refractivity contribution in [3.05, 3.63) is 69.3 Å². The maximum Gasteiger partial charge on any atom is 0.271 e. The average molecular weight is 299 g/mol. The molecule has 0 fully saturated rings. The molecule has 0 saturated carbocycles. The summed E-state index contributed by atoms with van der Waals surface area (Å²) in [6, 6.07) is 10.4. The van der Waals surface area contributed by atoms with Crippen molar-refractivity contribution in [1.29, 1.82) is 0 Å². The zero-order chi connectivity index (χ0) is 16.1.